The van der Waals surface area contributed by atoms with Crippen molar-refractivity contribution >= 4 is 43.6 Å². The highest BCUT2D eigenvalue weighted by molar-refractivity contribution is 6.10. The van der Waals surface area contributed by atoms with Crippen LogP contribution in [0.25, 0.3) is 77.2 Å². The van der Waals surface area contributed by atoms with Crippen molar-refractivity contribution in [2.45, 2.75) is 20.3 Å². The molecule has 1 aliphatic heterocycles. The number of ether oxygens (including phenoxy) is 2. The Kier molecular flexibility index (Phi) is 8.98. The lowest BCUT2D eigenvalue weighted by molar-refractivity contribution is -0.235. The van der Waals surface area contributed by atoms with Gasteiger partial charge in [0.25, 0.3) is 0 Å². The summed E-state index contributed by atoms with van der Waals surface area (Å²) in [7, 11) is 1.83. The van der Waals surface area contributed by atoms with Crippen molar-refractivity contribution in [1.29, 1.82) is 0 Å². The third kappa shape index (κ3) is 6.24. The number of nitrogens with zero attached hydrogens (tertiary/aromatic N) is 3. The predicted octanol–water partition coefficient (Wildman–Crippen LogP) is 13.2. The topological polar surface area (TPSA) is 50.0 Å². The van der Waals surface area contributed by atoms with Crippen LogP contribution < -0.4 is 19.1 Å². The lowest BCUT2D eigenvalue weighted by Crippen LogP contribution is -2.28. The van der Waals surface area contributed by atoms with Crippen LogP contribution >= 0.6 is 0 Å². The van der Waals surface area contributed by atoms with Crippen LogP contribution in [0, 0.1) is 13.8 Å². The van der Waals surface area contributed by atoms with Gasteiger partial charge in [0.1, 0.15) is 11.5 Å². The van der Waals surface area contributed by atoms with E-state index in [-0.39, 0.29) is 0 Å². The zero-order chi connectivity index (χ0) is 41.0. The first-order valence-corrected chi connectivity index (χ1v) is 20.8. The first-order chi connectivity index (χ1) is 30.0. The summed E-state index contributed by atoms with van der Waals surface area (Å²) in [6, 6.07) is 59.3. The van der Waals surface area contributed by atoms with Crippen molar-refractivity contribution in [3.05, 3.63) is 181 Å². The van der Waals surface area contributed by atoms with E-state index in [1.54, 1.807) is 0 Å². The van der Waals surface area contributed by atoms with E-state index < -0.39 is 0 Å². The van der Waals surface area contributed by atoms with Crippen molar-refractivity contribution < 1.29 is 19.1 Å². The van der Waals surface area contributed by atoms with Gasteiger partial charge in [0.15, 0.2) is 11.5 Å². The van der Waals surface area contributed by atoms with E-state index in [2.05, 4.69) is 156 Å². The minimum Gasteiger partial charge on any atom is -0.493 e. The van der Waals surface area contributed by atoms with Crippen LogP contribution in [0.15, 0.2) is 170 Å². The number of benzene rings is 8. The van der Waals surface area contributed by atoms with E-state index in [4.69, 9.17) is 19.1 Å². The molecule has 1 aliphatic rings. The zero-order valence-electron chi connectivity index (χ0n) is 34.3. The van der Waals surface area contributed by atoms with Gasteiger partial charge >= 0.3 is 0 Å². The molecule has 0 amide bonds. The van der Waals surface area contributed by atoms with Crippen LogP contribution in [0.5, 0.6) is 23.0 Å². The van der Waals surface area contributed by atoms with Crippen molar-refractivity contribution in [2.24, 2.45) is 0 Å². The SMILES string of the molecule is Cc1cc2c(c(-n3c4ccccc4c4ccccc43)c1)ON(C)Oc1c(cc(C)cc1-n1c3ccccc3c3ccccc31)-c1ccccc1OCCCOc1ccccc1-2. The van der Waals surface area contributed by atoms with Gasteiger partial charge in [0.2, 0.25) is 0 Å². The van der Waals surface area contributed by atoms with Crippen LogP contribution in [-0.2, 0) is 0 Å². The Hall–Kier alpha value is -7.48. The molecule has 7 heteroatoms. The molecule has 0 saturated heterocycles. The Labute approximate surface area is 354 Å². The van der Waals surface area contributed by atoms with Gasteiger partial charge in [0.05, 0.1) is 53.7 Å². The van der Waals surface area contributed by atoms with Crippen LogP contribution in [0.2, 0.25) is 0 Å². The molecule has 298 valence electrons. The fourth-order valence-corrected chi connectivity index (χ4v) is 9.13. The molecule has 0 radical (unpaired) electrons. The smallest absolute Gasteiger partial charge is 0.183 e. The number of aromatic nitrogens is 2. The quantitative estimate of drug-likeness (QED) is 0.174. The summed E-state index contributed by atoms with van der Waals surface area (Å²) in [5.74, 6) is 2.77. The number of hydrogen-bond donors (Lipinski definition) is 0. The van der Waals surface area contributed by atoms with E-state index in [1.807, 2.05) is 43.4 Å². The average molecular weight is 798 g/mol. The fourth-order valence-electron chi connectivity index (χ4n) is 9.13. The van der Waals surface area contributed by atoms with Gasteiger partial charge in [-0.25, -0.2) is 0 Å². The third-order valence-corrected chi connectivity index (χ3v) is 11.7. The Morgan fingerprint density at radius 3 is 1.13 bits per heavy atom. The molecule has 61 heavy (non-hydrogen) atoms. The Balaban J connectivity index is 1.18. The van der Waals surface area contributed by atoms with Crippen molar-refractivity contribution in [2.75, 3.05) is 20.3 Å². The number of para-hydroxylation sites is 6. The van der Waals surface area contributed by atoms with Gasteiger partial charge in [-0.3, -0.25) is 0 Å². The number of hydrogen-bond acceptors (Lipinski definition) is 5. The molecular weight excluding hydrogens is 755 g/mol. The van der Waals surface area contributed by atoms with Gasteiger partial charge in [-0.2, -0.15) is 0 Å². The highest BCUT2D eigenvalue weighted by Crippen LogP contribution is 2.47. The zero-order valence-corrected chi connectivity index (χ0v) is 34.3. The van der Waals surface area contributed by atoms with Gasteiger partial charge in [0, 0.05) is 55.4 Å². The summed E-state index contributed by atoms with van der Waals surface area (Å²) in [5, 5.41) is 6.15. The molecule has 7 nitrogen and oxygen atoms in total. The van der Waals surface area contributed by atoms with E-state index >= 15 is 0 Å². The van der Waals surface area contributed by atoms with Crippen molar-refractivity contribution in [3.63, 3.8) is 0 Å². The summed E-state index contributed by atoms with van der Waals surface area (Å²) in [6.07, 6.45) is 0.680. The highest BCUT2D eigenvalue weighted by Gasteiger charge is 2.27. The normalized spacial score (nSPS) is 13.4. The standard InChI is InChI=1S/C54H43N3O4/c1-35-31-43-41-21-8-14-27-51(41)58-29-16-30-59-52-28-15-9-22-42(52)44-32-36(2)34-50(57-47-25-12-6-19-39(47)40-20-7-13-26-48(40)57)54(44)61-55(3)60-53(43)49(33-35)56-45-23-10-4-17-37(45)38-18-5-11-24-46(38)56/h4-15,17-28,31-34H,16,29-30H2,1-3H3. The number of rotatable bonds is 2. The maximum Gasteiger partial charge on any atom is 0.183 e. The summed E-state index contributed by atoms with van der Waals surface area (Å²) in [4.78, 5) is 14.4. The lowest BCUT2D eigenvalue weighted by Gasteiger charge is -2.27. The number of fused-ring (bicyclic) bond motifs is 12. The molecule has 8 aromatic carbocycles. The van der Waals surface area contributed by atoms with E-state index in [1.165, 1.54) is 5.23 Å². The molecule has 11 rings (SSSR count). The Morgan fingerprint density at radius 2 is 0.738 bits per heavy atom. The molecule has 0 spiro atoms. The number of hydroxylamine groups is 2. The maximum absolute atomic E-state index is 7.18. The minimum absolute atomic E-state index is 0.470. The van der Waals surface area contributed by atoms with E-state index in [0.29, 0.717) is 31.1 Å². The minimum atomic E-state index is 0.470. The second kappa shape index (κ2) is 15.0. The van der Waals surface area contributed by atoms with Crippen molar-refractivity contribution in [1.82, 2.24) is 14.4 Å². The van der Waals surface area contributed by atoms with Crippen LogP contribution in [0.4, 0.5) is 0 Å². The highest BCUT2D eigenvalue weighted by atomic mass is 16.9. The van der Waals surface area contributed by atoms with Gasteiger partial charge in [-0.1, -0.05) is 109 Å². The van der Waals surface area contributed by atoms with Crippen LogP contribution in [0.3, 0.4) is 0 Å². The molecule has 0 atom stereocenters. The van der Waals surface area contributed by atoms with Gasteiger partial charge in [-0.15, -0.1) is 0 Å². The van der Waals surface area contributed by atoms with Gasteiger partial charge in [-0.05, 0) is 85.6 Å². The molecular formula is C54H43N3O4. The van der Waals surface area contributed by atoms with Crippen molar-refractivity contribution in [3.8, 4) is 56.6 Å². The first-order valence-electron chi connectivity index (χ1n) is 20.8. The molecule has 0 bridgehead atoms. The third-order valence-electron chi connectivity index (χ3n) is 11.7. The molecule has 0 saturated carbocycles. The molecule has 2 aromatic heterocycles. The molecule has 0 aliphatic carbocycles. The first kappa shape index (κ1) is 36.6. The summed E-state index contributed by atoms with van der Waals surface area (Å²) < 4.78 is 17.8. The molecule has 0 fully saturated rings. The molecule has 3 heterocycles. The van der Waals surface area contributed by atoms with Crippen LogP contribution in [-0.4, -0.2) is 34.6 Å². The van der Waals surface area contributed by atoms with Gasteiger partial charge < -0.3 is 28.3 Å². The molecule has 10 aromatic rings. The maximum atomic E-state index is 7.18. The monoisotopic (exact) mass is 797 g/mol. The Bertz CT molecular complexity index is 2980. The van der Waals surface area contributed by atoms with Crippen LogP contribution in [0.1, 0.15) is 17.5 Å². The number of aryl methyl sites for hydroxylation is 2. The second-order valence-electron chi connectivity index (χ2n) is 15.7. The molecule has 0 N–H and O–H groups in total. The lowest BCUT2D eigenvalue weighted by atomic mass is 9.99. The van der Waals surface area contributed by atoms with E-state index in [0.717, 1.165) is 99.9 Å². The summed E-state index contributed by atoms with van der Waals surface area (Å²) >= 11 is 0. The average Bonchev–Trinajstić information content (AvgIpc) is 3.80. The second-order valence-corrected chi connectivity index (χ2v) is 15.7. The van der Waals surface area contributed by atoms with E-state index in [9.17, 15) is 0 Å². The Morgan fingerprint density at radius 1 is 0.393 bits per heavy atom. The molecule has 0 unspecified atom stereocenters. The fraction of sp³-hybridized carbons (Fsp3) is 0.111. The summed E-state index contributed by atoms with van der Waals surface area (Å²) in [5.41, 5.74) is 11.8. The largest absolute Gasteiger partial charge is 0.493 e. The summed E-state index contributed by atoms with van der Waals surface area (Å²) in [6.45, 7) is 5.20. The predicted molar refractivity (Wildman–Crippen MR) is 247 cm³/mol.